The van der Waals surface area contributed by atoms with E-state index in [1.54, 1.807) is 12.1 Å². The second-order valence-electron chi connectivity index (χ2n) is 16.0. The van der Waals surface area contributed by atoms with Crippen molar-refractivity contribution in [2.75, 3.05) is 26.4 Å². The second-order valence-corrected chi connectivity index (χ2v) is 16.0. The number of rotatable bonds is 6. The third-order valence-electron chi connectivity index (χ3n) is 13.3. The third-order valence-corrected chi connectivity index (χ3v) is 13.3. The Balaban J connectivity index is 0.000000148. The molecule has 1 spiro atoms. The summed E-state index contributed by atoms with van der Waals surface area (Å²) in [5.74, 6) is 4.17. The van der Waals surface area contributed by atoms with Crippen LogP contribution in [0.3, 0.4) is 0 Å². The second kappa shape index (κ2) is 14.8. The summed E-state index contributed by atoms with van der Waals surface area (Å²) in [5.41, 5.74) is 2.05. The van der Waals surface area contributed by atoms with Crippen LogP contribution < -0.4 is 18.9 Å². The zero-order chi connectivity index (χ0) is 35.1. The molecule has 7 aliphatic rings. The number of hydrogen-bond donors (Lipinski definition) is 0. The van der Waals surface area contributed by atoms with Crippen LogP contribution in [0.5, 0.6) is 23.0 Å². The molecule has 0 amide bonds. The van der Waals surface area contributed by atoms with Crippen LogP contribution in [0.1, 0.15) is 127 Å². The molecular formula is C42H54F2O7. The molecule has 0 aromatic heterocycles. The van der Waals surface area contributed by atoms with Crippen LogP contribution in [0.25, 0.3) is 0 Å². The van der Waals surface area contributed by atoms with Crippen LogP contribution in [0, 0.1) is 35.3 Å². The third kappa shape index (κ3) is 6.87. The standard InChI is InChI=1S/C22H29FO4.C20H25FO3/c1-2-24-18-6-5-17-16-4-3-15(13-19(16)27-21(17)20(18)23)14-7-9-22(10-8-14)25-11-12-26-22;1-2-23-17-10-9-16-15-8-5-13(12-3-6-14(22)7-4-12)11-18(15)24-20(16)19(17)21/h5-6,14-16,19H,2-4,7-13H2,1H3;9-10,12-13,15,18H,2-8,11H2,1H3/t15-,16+,19-;13-,15+,18-/m11/s1. The first-order valence-corrected chi connectivity index (χ1v) is 19.9. The van der Waals surface area contributed by atoms with E-state index in [-0.39, 0.29) is 35.4 Å². The van der Waals surface area contributed by atoms with Crippen LogP contribution in [-0.2, 0) is 14.3 Å². The van der Waals surface area contributed by atoms with Crippen LogP contribution >= 0.6 is 0 Å². The Bertz CT molecular complexity index is 1550. The zero-order valence-corrected chi connectivity index (χ0v) is 30.3. The van der Waals surface area contributed by atoms with Gasteiger partial charge in [0.1, 0.15) is 18.0 Å². The molecule has 1 saturated heterocycles. The van der Waals surface area contributed by atoms with Crippen LogP contribution in [0.4, 0.5) is 8.78 Å². The summed E-state index contributed by atoms with van der Waals surface area (Å²) in [4.78, 5) is 11.5. The highest BCUT2D eigenvalue weighted by molar-refractivity contribution is 5.79. The predicted octanol–water partition coefficient (Wildman–Crippen LogP) is 9.43. The Labute approximate surface area is 301 Å². The van der Waals surface area contributed by atoms with Gasteiger partial charge in [0, 0.05) is 48.6 Å². The molecule has 5 fully saturated rings. The lowest BCUT2D eigenvalue weighted by atomic mass is 9.68. The average molecular weight is 709 g/mol. The van der Waals surface area contributed by atoms with Gasteiger partial charge in [-0.25, -0.2) is 0 Å². The number of halogens is 2. The lowest BCUT2D eigenvalue weighted by molar-refractivity contribution is -0.185. The largest absolute Gasteiger partial charge is 0.491 e. The molecule has 7 nitrogen and oxygen atoms in total. The molecular weight excluding hydrogens is 654 g/mol. The Kier molecular flexibility index (Phi) is 10.2. The highest BCUT2D eigenvalue weighted by atomic mass is 19.1. The van der Waals surface area contributed by atoms with Gasteiger partial charge in [0.15, 0.2) is 28.8 Å². The van der Waals surface area contributed by atoms with Crippen molar-refractivity contribution in [1.82, 2.24) is 0 Å². The number of fused-ring (bicyclic) bond motifs is 6. The van der Waals surface area contributed by atoms with Crippen molar-refractivity contribution in [2.45, 2.75) is 134 Å². The number of carbonyl (C=O) groups excluding carboxylic acids is 1. The maximum Gasteiger partial charge on any atom is 0.207 e. The van der Waals surface area contributed by atoms with Gasteiger partial charge in [-0.1, -0.05) is 12.1 Å². The number of Topliss-reactive ketones (excluding diaryl/α,β-unsaturated/α-hetero) is 1. The summed E-state index contributed by atoms with van der Waals surface area (Å²) in [5, 5.41) is 0. The Morgan fingerprint density at radius 1 is 0.647 bits per heavy atom. The molecule has 3 heterocycles. The Morgan fingerprint density at radius 3 is 1.59 bits per heavy atom. The molecule has 278 valence electrons. The summed E-state index contributed by atoms with van der Waals surface area (Å²) in [6, 6.07) is 7.49. The molecule has 9 rings (SSSR count). The monoisotopic (exact) mass is 708 g/mol. The summed E-state index contributed by atoms with van der Waals surface area (Å²) in [6.45, 7) is 6.10. The quantitative estimate of drug-likeness (QED) is 0.296. The Hall–Kier alpha value is -2.91. The van der Waals surface area contributed by atoms with Crippen molar-refractivity contribution in [3.63, 3.8) is 0 Å². The molecule has 4 aliphatic carbocycles. The van der Waals surface area contributed by atoms with Gasteiger partial charge in [0.2, 0.25) is 11.6 Å². The highest BCUT2D eigenvalue weighted by Gasteiger charge is 2.47. The van der Waals surface area contributed by atoms with E-state index in [4.69, 9.17) is 28.4 Å². The fraction of sp³-hybridized carbons (Fsp3) is 0.690. The smallest absolute Gasteiger partial charge is 0.207 e. The van der Waals surface area contributed by atoms with Gasteiger partial charge < -0.3 is 28.4 Å². The van der Waals surface area contributed by atoms with Gasteiger partial charge in [-0.15, -0.1) is 0 Å². The van der Waals surface area contributed by atoms with Gasteiger partial charge in [-0.3, -0.25) is 4.79 Å². The van der Waals surface area contributed by atoms with E-state index in [1.807, 2.05) is 26.0 Å². The summed E-state index contributed by atoms with van der Waals surface area (Å²) in [7, 11) is 0. The van der Waals surface area contributed by atoms with Gasteiger partial charge in [0.05, 0.1) is 26.4 Å². The average Bonchev–Trinajstić information content (AvgIpc) is 3.87. The van der Waals surface area contributed by atoms with Crippen LogP contribution in [0.2, 0.25) is 0 Å². The first-order valence-electron chi connectivity index (χ1n) is 19.9. The van der Waals surface area contributed by atoms with E-state index in [1.165, 1.54) is 6.42 Å². The van der Waals surface area contributed by atoms with E-state index >= 15 is 0 Å². The molecule has 2 aromatic carbocycles. The molecule has 9 heteroatoms. The summed E-state index contributed by atoms with van der Waals surface area (Å²) >= 11 is 0. The molecule has 2 aromatic rings. The van der Waals surface area contributed by atoms with Crippen molar-refractivity contribution in [2.24, 2.45) is 23.7 Å². The molecule has 3 aliphatic heterocycles. The normalized spacial score (nSPS) is 31.0. The van der Waals surface area contributed by atoms with Crippen molar-refractivity contribution < 1.29 is 42.0 Å². The maximum absolute atomic E-state index is 14.7. The molecule has 51 heavy (non-hydrogen) atoms. The summed E-state index contributed by atoms with van der Waals surface area (Å²) < 4.78 is 64.0. The number of ether oxygens (including phenoxy) is 6. The first kappa shape index (κ1) is 35.1. The fourth-order valence-corrected chi connectivity index (χ4v) is 10.7. The fourth-order valence-electron chi connectivity index (χ4n) is 10.7. The van der Waals surface area contributed by atoms with Gasteiger partial charge in [0.25, 0.3) is 0 Å². The number of ketones is 1. The maximum atomic E-state index is 14.7. The number of hydrogen-bond acceptors (Lipinski definition) is 7. The zero-order valence-electron chi connectivity index (χ0n) is 30.3. The van der Waals surface area contributed by atoms with Crippen molar-refractivity contribution in [1.29, 1.82) is 0 Å². The van der Waals surface area contributed by atoms with Crippen LogP contribution in [0.15, 0.2) is 24.3 Å². The van der Waals surface area contributed by atoms with E-state index in [0.717, 1.165) is 108 Å². The topological polar surface area (TPSA) is 72.5 Å². The van der Waals surface area contributed by atoms with Gasteiger partial charge in [-0.2, -0.15) is 8.78 Å². The van der Waals surface area contributed by atoms with E-state index < -0.39 is 0 Å². The van der Waals surface area contributed by atoms with E-state index in [9.17, 15) is 13.6 Å². The minimum absolute atomic E-state index is 0.0859. The summed E-state index contributed by atoms with van der Waals surface area (Å²) in [6.07, 6.45) is 14.6. The number of benzene rings is 2. The first-order chi connectivity index (χ1) is 24.9. The highest BCUT2D eigenvalue weighted by Crippen LogP contribution is 2.54. The molecule has 6 atom stereocenters. The van der Waals surface area contributed by atoms with Crippen molar-refractivity contribution in [3.05, 3.63) is 47.0 Å². The number of carbonyl (C=O) groups is 1. The SMILES string of the molecule is CCOc1ccc2c(c1F)O[C@@H]1C[C@H](C3CCC(=O)CC3)CC[C@@H]21.CCOc1ccc2c(c1F)O[C@@H]1C[C@H](C3CCC4(CC3)OCCO4)CC[C@@H]21. The van der Waals surface area contributed by atoms with E-state index in [0.29, 0.717) is 71.8 Å². The molecule has 0 radical (unpaired) electrons. The predicted molar refractivity (Wildman–Crippen MR) is 188 cm³/mol. The lowest BCUT2D eigenvalue weighted by Gasteiger charge is -2.41. The molecule has 0 bridgehead atoms. The molecule has 0 unspecified atom stereocenters. The minimum Gasteiger partial charge on any atom is -0.491 e. The molecule has 0 N–H and O–H groups in total. The van der Waals surface area contributed by atoms with Crippen LogP contribution in [-0.4, -0.2) is 50.2 Å². The lowest BCUT2D eigenvalue weighted by Crippen LogP contribution is -2.39. The van der Waals surface area contributed by atoms with Crippen molar-refractivity contribution >= 4 is 5.78 Å². The van der Waals surface area contributed by atoms with Crippen molar-refractivity contribution in [3.8, 4) is 23.0 Å². The van der Waals surface area contributed by atoms with E-state index in [2.05, 4.69) is 0 Å². The van der Waals surface area contributed by atoms with Gasteiger partial charge in [-0.05, 0) is 114 Å². The molecule has 4 saturated carbocycles. The Morgan fingerprint density at radius 2 is 1.12 bits per heavy atom. The van der Waals surface area contributed by atoms with Gasteiger partial charge >= 0.3 is 0 Å². The minimum atomic E-state index is -0.344.